The van der Waals surface area contributed by atoms with Gasteiger partial charge < -0.3 is 9.47 Å². The first-order valence-electron chi connectivity index (χ1n) is 10.4. The summed E-state index contributed by atoms with van der Waals surface area (Å²) in [6.45, 7) is 0.288. The lowest BCUT2D eigenvalue weighted by atomic mass is 10.1. The zero-order valence-electron chi connectivity index (χ0n) is 18.5. The molecule has 1 saturated heterocycles. The molecule has 1 aliphatic heterocycles. The lowest BCUT2D eigenvalue weighted by molar-refractivity contribution is -0.122. The quantitative estimate of drug-likeness (QED) is 0.284. The molecule has 0 bridgehead atoms. The van der Waals surface area contributed by atoms with Gasteiger partial charge in [-0.15, -0.1) is 0 Å². The molecule has 1 aliphatic rings. The van der Waals surface area contributed by atoms with Gasteiger partial charge in [0.05, 0.1) is 18.4 Å². The number of hydrogen-bond acceptors (Lipinski definition) is 6. The van der Waals surface area contributed by atoms with Gasteiger partial charge in [0, 0.05) is 10.0 Å². The third-order valence-electron chi connectivity index (χ3n) is 5.16. The number of methoxy groups -OCH3 is 1. The van der Waals surface area contributed by atoms with Crippen LogP contribution in [0.1, 0.15) is 21.5 Å². The topological polar surface area (TPSA) is 102 Å². The lowest BCUT2D eigenvalue weighted by Crippen LogP contribution is -2.54. The average molecular weight is 535 g/mol. The number of urea groups is 1. The van der Waals surface area contributed by atoms with Gasteiger partial charge in [-0.2, -0.15) is 0 Å². The molecule has 1 N–H and O–H groups in total. The average Bonchev–Trinajstić information content (AvgIpc) is 2.86. The summed E-state index contributed by atoms with van der Waals surface area (Å²) in [5, 5.41) is 2.18. The summed E-state index contributed by atoms with van der Waals surface area (Å²) in [4.78, 5) is 50.8. The van der Waals surface area contributed by atoms with E-state index in [2.05, 4.69) is 26.0 Å². The molecule has 0 spiro atoms. The van der Waals surface area contributed by atoms with Gasteiger partial charge in [0.1, 0.15) is 17.9 Å². The summed E-state index contributed by atoms with van der Waals surface area (Å²) in [6.07, 6.45) is 1.38. The number of rotatable bonds is 6. The molecule has 0 saturated carbocycles. The number of imide groups is 2. The predicted molar refractivity (Wildman–Crippen MR) is 132 cm³/mol. The highest BCUT2D eigenvalue weighted by Crippen LogP contribution is 2.29. The maximum absolute atomic E-state index is 13.2. The Morgan fingerprint density at radius 3 is 2.40 bits per heavy atom. The minimum absolute atomic E-state index is 0.188. The molecule has 1 fully saturated rings. The molecule has 176 valence electrons. The molecule has 8 nitrogen and oxygen atoms in total. The smallest absolute Gasteiger partial charge is 0.337 e. The van der Waals surface area contributed by atoms with Crippen molar-refractivity contribution >= 4 is 51.5 Å². The molecule has 4 amide bonds. The molecule has 35 heavy (non-hydrogen) atoms. The van der Waals surface area contributed by atoms with Gasteiger partial charge in [-0.1, -0.05) is 46.3 Å². The second kappa shape index (κ2) is 10.4. The van der Waals surface area contributed by atoms with E-state index in [9.17, 15) is 19.2 Å². The molecule has 3 aromatic rings. The van der Waals surface area contributed by atoms with Crippen LogP contribution in [-0.2, 0) is 20.9 Å². The van der Waals surface area contributed by atoms with Gasteiger partial charge in [-0.3, -0.25) is 14.9 Å². The Morgan fingerprint density at radius 2 is 1.71 bits per heavy atom. The molecule has 0 aromatic heterocycles. The molecular weight excluding hydrogens is 516 g/mol. The van der Waals surface area contributed by atoms with Crippen LogP contribution in [0.3, 0.4) is 0 Å². The van der Waals surface area contributed by atoms with Gasteiger partial charge >= 0.3 is 12.0 Å². The number of nitrogens with zero attached hydrogens (tertiary/aromatic N) is 1. The van der Waals surface area contributed by atoms with E-state index in [1.165, 1.54) is 37.5 Å². The molecule has 4 rings (SSSR count). The number of anilines is 1. The highest BCUT2D eigenvalue weighted by molar-refractivity contribution is 9.10. The van der Waals surface area contributed by atoms with E-state index < -0.39 is 23.8 Å². The number of benzene rings is 3. The number of carbonyl (C=O) groups excluding carboxylic acids is 4. The molecule has 0 atom stereocenters. The van der Waals surface area contributed by atoms with E-state index in [1.54, 1.807) is 18.2 Å². The zero-order chi connectivity index (χ0) is 24.9. The minimum Gasteiger partial charge on any atom is -0.488 e. The van der Waals surface area contributed by atoms with Crippen molar-refractivity contribution in [3.8, 4) is 5.75 Å². The van der Waals surface area contributed by atoms with Crippen LogP contribution >= 0.6 is 15.9 Å². The monoisotopic (exact) mass is 534 g/mol. The number of carbonyl (C=O) groups is 4. The fourth-order valence-electron chi connectivity index (χ4n) is 3.41. The van der Waals surface area contributed by atoms with Crippen LogP contribution in [0, 0.1) is 0 Å². The predicted octanol–water partition coefficient (Wildman–Crippen LogP) is 4.48. The van der Waals surface area contributed by atoms with E-state index in [-0.39, 0.29) is 23.4 Å². The normalized spacial score (nSPS) is 14.6. The minimum atomic E-state index is -0.891. The number of halogens is 1. The number of hydrogen-bond donors (Lipinski definition) is 1. The van der Waals surface area contributed by atoms with Crippen LogP contribution in [0.25, 0.3) is 6.08 Å². The summed E-state index contributed by atoms with van der Waals surface area (Å²) in [7, 11) is 1.25. The first-order chi connectivity index (χ1) is 16.9. The van der Waals surface area contributed by atoms with Crippen molar-refractivity contribution in [2.75, 3.05) is 12.0 Å². The van der Waals surface area contributed by atoms with E-state index in [1.807, 2.05) is 30.3 Å². The van der Waals surface area contributed by atoms with E-state index >= 15 is 0 Å². The van der Waals surface area contributed by atoms with Crippen LogP contribution < -0.4 is 15.0 Å². The van der Waals surface area contributed by atoms with E-state index in [0.29, 0.717) is 15.8 Å². The summed E-state index contributed by atoms with van der Waals surface area (Å²) in [5.74, 6) is -1.73. The number of esters is 1. The summed E-state index contributed by atoms with van der Waals surface area (Å²) in [6, 6.07) is 19.6. The third-order valence-corrected chi connectivity index (χ3v) is 5.65. The molecule has 0 aliphatic carbocycles. The highest BCUT2D eigenvalue weighted by Gasteiger charge is 2.37. The third kappa shape index (κ3) is 5.30. The Labute approximate surface area is 209 Å². The molecule has 3 aromatic carbocycles. The van der Waals surface area contributed by atoms with Crippen molar-refractivity contribution in [2.45, 2.75) is 6.61 Å². The summed E-state index contributed by atoms with van der Waals surface area (Å²) in [5.41, 5.74) is 1.62. The summed E-state index contributed by atoms with van der Waals surface area (Å²) >= 11 is 3.40. The Bertz CT molecular complexity index is 1340. The van der Waals surface area contributed by atoms with Gasteiger partial charge in [-0.25, -0.2) is 14.5 Å². The van der Waals surface area contributed by atoms with Crippen LogP contribution in [0.15, 0.2) is 82.8 Å². The lowest BCUT2D eigenvalue weighted by Gasteiger charge is -2.26. The number of amides is 4. The summed E-state index contributed by atoms with van der Waals surface area (Å²) < 4.78 is 11.3. The van der Waals surface area contributed by atoms with Crippen LogP contribution in [-0.4, -0.2) is 30.9 Å². The van der Waals surface area contributed by atoms with Gasteiger partial charge in [0.15, 0.2) is 0 Å². The Morgan fingerprint density at radius 1 is 1.00 bits per heavy atom. The Balaban J connectivity index is 1.65. The van der Waals surface area contributed by atoms with E-state index in [4.69, 9.17) is 4.74 Å². The number of ether oxygens (including phenoxy) is 2. The molecule has 0 radical (unpaired) electrons. The Hall–Kier alpha value is -4.24. The van der Waals surface area contributed by atoms with E-state index in [0.717, 1.165) is 10.5 Å². The fraction of sp³-hybridized carbons (Fsp3) is 0.0769. The van der Waals surface area contributed by atoms with Crippen LogP contribution in [0.2, 0.25) is 0 Å². The maximum Gasteiger partial charge on any atom is 0.337 e. The van der Waals surface area contributed by atoms with Crippen molar-refractivity contribution in [3.63, 3.8) is 0 Å². The molecule has 1 heterocycles. The zero-order valence-corrected chi connectivity index (χ0v) is 20.1. The van der Waals surface area contributed by atoms with Crippen molar-refractivity contribution in [2.24, 2.45) is 0 Å². The van der Waals surface area contributed by atoms with Crippen molar-refractivity contribution < 1.29 is 28.7 Å². The standard InChI is InChI=1S/C26H19BrN2O6/c1-34-25(32)17-7-10-20(11-8-17)29-24(31)21(23(30)28-26(29)33)14-18-13-19(27)9-12-22(18)35-15-16-5-3-2-4-6-16/h2-14H,15H2,1H3,(H,28,30,33)/b21-14+. The number of nitrogens with one attached hydrogen (secondary N) is 1. The second-order valence-corrected chi connectivity index (χ2v) is 8.37. The van der Waals surface area contributed by atoms with Gasteiger partial charge in [0.2, 0.25) is 0 Å². The maximum atomic E-state index is 13.2. The first-order valence-corrected chi connectivity index (χ1v) is 11.2. The van der Waals surface area contributed by atoms with Crippen LogP contribution in [0.4, 0.5) is 10.5 Å². The largest absolute Gasteiger partial charge is 0.488 e. The second-order valence-electron chi connectivity index (χ2n) is 7.45. The van der Waals surface area contributed by atoms with Gasteiger partial charge in [0.25, 0.3) is 11.8 Å². The first kappa shape index (κ1) is 23.9. The van der Waals surface area contributed by atoms with Crippen LogP contribution in [0.5, 0.6) is 5.75 Å². The molecule has 0 unspecified atom stereocenters. The van der Waals surface area contributed by atoms with Crippen molar-refractivity contribution in [3.05, 3.63) is 99.5 Å². The van der Waals surface area contributed by atoms with Gasteiger partial charge in [-0.05, 0) is 54.1 Å². The fourth-order valence-corrected chi connectivity index (χ4v) is 3.79. The Kier molecular flexibility index (Phi) is 7.07. The molecular formula is C26H19BrN2O6. The highest BCUT2D eigenvalue weighted by atomic mass is 79.9. The molecule has 9 heteroatoms. The van der Waals surface area contributed by atoms with Crippen molar-refractivity contribution in [1.82, 2.24) is 5.32 Å². The van der Waals surface area contributed by atoms with Crippen molar-refractivity contribution in [1.29, 1.82) is 0 Å². The SMILES string of the molecule is COC(=O)c1ccc(N2C(=O)NC(=O)/C(=C\c3cc(Br)ccc3OCc3ccccc3)C2=O)cc1. The number of barbiturate groups is 1.